The van der Waals surface area contributed by atoms with Crippen molar-refractivity contribution in [3.8, 4) is 0 Å². The number of ether oxygens (including phenoxy) is 2. The molecule has 3 rings (SSSR count). The monoisotopic (exact) mass is 317 g/mol. The molecule has 1 aliphatic carbocycles. The molecule has 0 bridgehead atoms. The van der Waals surface area contributed by atoms with Crippen molar-refractivity contribution in [1.82, 2.24) is 4.90 Å². The summed E-state index contributed by atoms with van der Waals surface area (Å²) in [5.41, 5.74) is 0.00103. The van der Waals surface area contributed by atoms with E-state index in [4.69, 9.17) is 9.47 Å². The zero-order valence-electron chi connectivity index (χ0n) is 13.9. The van der Waals surface area contributed by atoms with Crippen LogP contribution in [0.2, 0.25) is 0 Å². The second kappa shape index (κ2) is 5.55. The van der Waals surface area contributed by atoms with Gasteiger partial charge in [-0.1, -0.05) is 18.2 Å². The van der Waals surface area contributed by atoms with Gasteiger partial charge in [0.1, 0.15) is 5.60 Å². The average Bonchev–Trinajstić information content (AvgIpc) is 3.05. The summed E-state index contributed by atoms with van der Waals surface area (Å²) in [7, 11) is 0. The van der Waals surface area contributed by atoms with Crippen molar-refractivity contribution >= 4 is 12.1 Å². The highest BCUT2D eigenvalue weighted by molar-refractivity contribution is 5.89. The van der Waals surface area contributed by atoms with Crippen molar-refractivity contribution in [2.24, 2.45) is 11.3 Å². The van der Waals surface area contributed by atoms with E-state index in [0.717, 1.165) is 6.42 Å². The highest BCUT2D eigenvalue weighted by Gasteiger charge is 2.62. The maximum Gasteiger partial charge on any atom is 0.410 e. The molecule has 1 aromatic carbocycles. The Morgan fingerprint density at radius 3 is 2.61 bits per heavy atom. The predicted octanol–water partition coefficient (Wildman–Crippen LogP) is 3.10. The largest absolute Gasteiger partial charge is 0.461 e. The molecule has 1 saturated carbocycles. The summed E-state index contributed by atoms with van der Waals surface area (Å²) >= 11 is 0. The van der Waals surface area contributed by atoms with Crippen LogP contribution in [0.25, 0.3) is 0 Å². The standard InChI is InChI=1S/C18H23NO4/c1-17(2,3)23-16(21)19-10-14-9-18(14,11-19)12-22-15(20)13-7-5-4-6-8-13/h4-8,14H,9-12H2,1-3H3/t14-,18+/m1/s1. The summed E-state index contributed by atoms with van der Waals surface area (Å²) in [6.07, 6.45) is 0.729. The summed E-state index contributed by atoms with van der Waals surface area (Å²) < 4.78 is 10.9. The van der Waals surface area contributed by atoms with Crippen LogP contribution in [0.5, 0.6) is 0 Å². The van der Waals surface area contributed by atoms with Gasteiger partial charge < -0.3 is 14.4 Å². The van der Waals surface area contributed by atoms with E-state index in [1.165, 1.54) is 0 Å². The maximum atomic E-state index is 12.1. The number of amides is 1. The number of fused-ring (bicyclic) bond motifs is 1. The van der Waals surface area contributed by atoms with Crippen molar-refractivity contribution in [2.45, 2.75) is 32.8 Å². The van der Waals surface area contributed by atoms with Gasteiger partial charge in [0, 0.05) is 18.5 Å². The van der Waals surface area contributed by atoms with Gasteiger partial charge in [0.05, 0.1) is 12.2 Å². The number of esters is 1. The molecule has 2 fully saturated rings. The second-order valence-corrected chi connectivity index (χ2v) is 7.57. The Hall–Kier alpha value is -2.04. The van der Waals surface area contributed by atoms with Gasteiger partial charge in [0.25, 0.3) is 0 Å². The van der Waals surface area contributed by atoms with Gasteiger partial charge in [-0.25, -0.2) is 9.59 Å². The van der Waals surface area contributed by atoms with E-state index < -0.39 is 5.60 Å². The molecule has 1 heterocycles. The SMILES string of the molecule is CC(C)(C)OC(=O)N1C[C@H]2C[C@@]2(COC(=O)c2ccccc2)C1. The van der Waals surface area contributed by atoms with Crippen LogP contribution >= 0.6 is 0 Å². The van der Waals surface area contributed by atoms with Gasteiger partial charge in [0.15, 0.2) is 0 Å². The molecular formula is C18H23NO4. The Balaban J connectivity index is 1.53. The Labute approximate surface area is 136 Å². The van der Waals surface area contributed by atoms with Crippen LogP contribution in [0.15, 0.2) is 30.3 Å². The summed E-state index contributed by atoms with van der Waals surface area (Å²) in [5.74, 6) is 0.111. The van der Waals surface area contributed by atoms with E-state index in [-0.39, 0.29) is 17.5 Å². The molecule has 2 atom stereocenters. The maximum absolute atomic E-state index is 12.1. The van der Waals surface area contributed by atoms with Crippen LogP contribution in [0.4, 0.5) is 4.79 Å². The van der Waals surface area contributed by atoms with E-state index in [9.17, 15) is 9.59 Å². The highest BCUT2D eigenvalue weighted by atomic mass is 16.6. The third-order valence-electron chi connectivity index (χ3n) is 4.46. The van der Waals surface area contributed by atoms with Crippen molar-refractivity contribution in [2.75, 3.05) is 19.7 Å². The number of benzene rings is 1. The lowest BCUT2D eigenvalue weighted by atomic mass is 10.1. The molecule has 0 aromatic heterocycles. The Bertz CT molecular complexity index is 607. The summed E-state index contributed by atoms with van der Waals surface area (Å²) in [5, 5.41) is 0. The Kier molecular flexibility index (Phi) is 3.82. The van der Waals surface area contributed by atoms with Gasteiger partial charge in [-0.2, -0.15) is 0 Å². The van der Waals surface area contributed by atoms with Crippen LogP contribution in [0, 0.1) is 11.3 Å². The van der Waals surface area contributed by atoms with E-state index in [1.807, 2.05) is 39.0 Å². The van der Waals surface area contributed by atoms with Crippen LogP contribution in [0.3, 0.4) is 0 Å². The molecule has 5 nitrogen and oxygen atoms in total. The first kappa shape index (κ1) is 15.8. The predicted molar refractivity (Wildman–Crippen MR) is 85.1 cm³/mol. The van der Waals surface area contributed by atoms with Crippen molar-refractivity contribution in [1.29, 1.82) is 0 Å². The molecule has 1 saturated heterocycles. The topological polar surface area (TPSA) is 55.8 Å². The van der Waals surface area contributed by atoms with Crippen LogP contribution < -0.4 is 0 Å². The lowest BCUT2D eigenvalue weighted by molar-refractivity contribution is 0.0229. The smallest absolute Gasteiger partial charge is 0.410 e. The van der Waals surface area contributed by atoms with Gasteiger partial charge in [0.2, 0.25) is 0 Å². The minimum Gasteiger partial charge on any atom is -0.461 e. The molecule has 2 aliphatic rings. The number of likely N-dealkylation sites (tertiary alicyclic amines) is 1. The van der Waals surface area contributed by atoms with Gasteiger partial charge in [-0.3, -0.25) is 0 Å². The van der Waals surface area contributed by atoms with Gasteiger partial charge >= 0.3 is 12.1 Å². The molecule has 0 spiro atoms. The summed E-state index contributed by atoms with van der Waals surface area (Å²) in [6.45, 7) is 7.24. The first-order chi connectivity index (χ1) is 10.8. The number of hydrogen-bond donors (Lipinski definition) is 0. The molecule has 5 heteroatoms. The molecule has 124 valence electrons. The quantitative estimate of drug-likeness (QED) is 0.804. The lowest BCUT2D eigenvalue weighted by Gasteiger charge is -2.26. The zero-order chi connectivity index (χ0) is 16.7. The van der Waals surface area contributed by atoms with Crippen molar-refractivity contribution < 1.29 is 19.1 Å². The van der Waals surface area contributed by atoms with Crippen molar-refractivity contribution in [3.05, 3.63) is 35.9 Å². The number of carbonyl (C=O) groups is 2. The normalized spacial score (nSPS) is 25.7. The molecule has 23 heavy (non-hydrogen) atoms. The van der Waals surface area contributed by atoms with E-state index >= 15 is 0 Å². The van der Waals surface area contributed by atoms with E-state index in [2.05, 4.69) is 0 Å². The number of rotatable bonds is 3. The molecule has 0 unspecified atom stereocenters. The van der Waals surface area contributed by atoms with E-state index in [1.54, 1.807) is 17.0 Å². The minimum absolute atomic E-state index is 0.0681. The molecule has 1 aromatic rings. The van der Waals surface area contributed by atoms with Gasteiger partial charge in [-0.05, 0) is 45.2 Å². The fourth-order valence-corrected chi connectivity index (χ4v) is 3.15. The number of piperidine rings is 1. The van der Waals surface area contributed by atoms with Crippen LogP contribution in [-0.4, -0.2) is 42.3 Å². The first-order valence-electron chi connectivity index (χ1n) is 7.99. The third kappa shape index (κ3) is 3.49. The molecule has 1 aliphatic heterocycles. The number of hydrogen-bond acceptors (Lipinski definition) is 4. The minimum atomic E-state index is -0.489. The fraction of sp³-hybridized carbons (Fsp3) is 0.556. The van der Waals surface area contributed by atoms with Crippen LogP contribution in [-0.2, 0) is 9.47 Å². The first-order valence-corrected chi connectivity index (χ1v) is 7.99. The summed E-state index contributed by atoms with van der Waals surface area (Å²) in [4.78, 5) is 25.9. The number of carbonyl (C=O) groups excluding carboxylic acids is 2. The average molecular weight is 317 g/mol. The lowest BCUT2D eigenvalue weighted by Crippen LogP contribution is -2.37. The highest BCUT2D eigenvalue weighted by Crippen LogP contribution is 2.58. The summed E-state index contributed by atoms with van der Waals surface area (Å²) in [6, 6.07) is 8.98. The fourth-order valence-electron chi connectivity index (χ4n) is 3.15. The molecular weight excluding hydrogens is 294 g/mol. The second-order valence-electron chi connectivity index (χ2n) is 7.57. The zero-order valence-corrected chi connectivity index (χ0v) is 13.9. The Morgan fingerprint density at radius 1 is 1.26 bits per heavy atom. The van der Waals surface area contributed by atoms with Crippen LogP contribution in [0.1, 0.15) is 37.6 Å². The van der Waals surface area contributed by atoms with Gasteiger partial charge in [-0.15, -0.1) is 0 Å². The van der Waals surface area contributed by atoms with Crippen molar-refractivity contribution in [3.63, 3.8) is 0 Å². The molecule has 1 amide bonds. The molecule has 0 radical (unpaired) electrons. The Morgan fingerprint density at radius 2 is 1.96 bits per heavy atom. The third-order valence-corrected chi connectivity index (χ3v) is 4.46. The number of nitrogens with zero attached hydrogens (tertiary/aromatic N) is 1. The molecule has 0 N–H and O–H groups in total. The van der Waals surface area contributed by atoms with E-state index in [0.29, 0.717) is 31.2 Å².